The predicted molar refractivity (Wildman–Crippen MR) is 260 cm³/mol. The summed E-state index contributed by atoms with van der Waals surface area (Å²) < 4.78 is 9.53. The highest BCUT2D eigenvalue weighted by molar-refractivity contribution is 8.13. The fraction of sp³-hybridized carbons (Fsp3) is 0.405. The fourth-order valence-electron chi connectivity index (χ4n) is 3.40. The number of primary amides is 2. The third kappa shape index (κ3) is 55.9. The topological polar surface area (TPSA) is 399 Å². The summed E-state index contributed by atoms with van der Waals surface area (Å²) in [5.74, 6) is -0.125. The van der Waals surface area contributed by atoms with Crippen molar-refractivity contribution in [3.05, 3.63) is 85.1 Å². The number of nitrogens with zero attached hydrogens (tertiary/aromatic N) is 6. The van der Waals surface area contributed by atoms with E-state index in [9.17, 15) is 14.4 Å². The number of ether oxygens (including phenoxy) is 2. The van der Waals surface area contributed by atoms with Crippen molar-refractivity contribution in [1.29, 1.82) is 10.8 Å². The van der Waals surface area contributed by atoms with Crippen LogP contribution in [0.15, 0.2) is 34.2 Å². The van der Waals surface area contributed by atoms with Gasteiger partial charge in [-0.25, -0.2) is 34.5 Å². The Morgan fingerprint density at radius 1 is 0.667 bits per heavy atom. The van der Waals surface area contributed by atoms with Crippen LogP contribution in [0.25, 0.3) is 0 Å². The van der Waals surface area contributed by atoms with Crippen LogP contribution in [-0.2, 0) is 14.3 Å². The number of amides is 2. The molecule has 0 spiro atoms. The van der Waals surface area contributed by atoms with Crippen molar-refractivity contribution >= 4 is 81.9 Å². The summed E-state index contributed by atoms with van der Waals surface area (Å²) in [4.78, 5) is 69.1. The van der Waals surface area contributed by atoms with E-state index in [0.717, 1.165) is 50.7 Å². The van der Waals surface area contributed by atoms with Gasteiger partial charge in [-0.05, 0) is 130 Å². The minimum absolute atomic E-state index is 0.000000000000000222. The highest BCUT2D eigenvalue weighted by Gasteiger charge is 1.97. The molecule has 0 radical (unpaired) electrons. The zero-order chi connectivity index (χ0) is 50.4. The number of thiocarbonyl (C=S) groups is 1. The van der Waals surface area contributed by atoms with Gasteiger partial charge in [0.25, 0.3) is 6.02 Å². The van der Waals surface area contributed by atoms with Crippen molar-refractivity contribution in [3.63, 3.8) is 0 Å². The maximum atomic E-state index is 10.5. The van der Waals surface area contributed by atoms with Crippen LogP contribution in [0.3, 0.4) is 0 Å². The Kier molecular flexibility index (Phi) is 41.9. The molecule has 16 N–H and O–H groups in total. The first-order valence-corrected chi connectivity index (χ1v) is 20.9. The van der Waals surface area contributed by atoms with E-state index >= 15 is 0 Å². The molecule has 0 saturated carbocycles. The number of carbonyl (C=O) groups is 3. The average molecular weight is 957 g/mol. The molecule has 0 aromatic carbocycles. The van der Waals surface area contributed by atoms with E-state index in [0.29, 0.717) is 10.8 Å². The van der Waals surface area contributed by atoms with Gasteiger partial charge in [0.2, 0.25) is 0 Å². The first-order chi connectivity index (χ1) is 28.9. The van der Waals surface area contributed by atoms with Crippen LogP contribution in [0.5, 0.6) is 6.01 Å². The lowest BCUT2D eigenvalue weighted by Gasteiger charge is -1.99. The SMILES string of the molecule is CC(=O)CC(C)=O.COC(=N)N.COc1nc(C)cc(C)n1.CSC(=N)N.CSc1nc(C)cc(C)n1.Cc1cc(C)[nH]c(=O)n1.Cc1cc(C)[nH]c(=S)n1.NC(N)=O.NC(N)=S. The standard InChI is InChI=1S/C7H10N2O.C7H10N2S.C6H8N2O.C6H8N2S.C5H8O2.C2H6N2O.C2H6N2S.CH4N2O.CH4N2S/c2*1-5-4-6(2)9-7(8-5)10-3;2*1-4-3-5(2)8-6(9)7-4;1-4(6)3-5(2)7;2*1-5-2(3)4;2*2-1(3)4/h2*4H,1-3H3;2*3H,1-2H3,(H,7,8,9);3H2,1-2H3;2*1H3,(H3,3,4);2*(H4,2,3,4). The van der Waals surface area contributed by atoms with E-state index in [1.807, 2.05) is 79.0 Å². The van der Waals surface area contributed by atoms with Gasteiger partial charge in [0, 0.05) is 45.6 Å². The van der Waals surface area contributed by atoms with E-state index in [-0.39, 0.29) is 40.0 Å². The third-order valence-corrected chi connectivity index (χ3v) is 6.42. The first-order valence-electron chi connectivity index (χ1n) is 17.6. The zero-order valence-corrected chi connectivity index (χ0v) is 41.5. The van der Waals surface area contributed by atoms with E-state index in [4.69, 9.17) is 38.3 Å². The van der Waals surface area contributed by atoms with Gasteiger partial charge in [0.1, 0.15) is 11.6 Å². The lowest BCUT2D eigenvalue weighted by Crippen LogP contribution is -2.18. The van der Waals surface area contributed by atoms with Gasteiger partial charge in [-0.3, -0.25) is 20.4 Å². The van der Waals surface area contributed by atoms with Crippen molar-refractivity contribution in [2.24, 2.45) is 34.4 Å². The molecule has 0 saturated heterocycles. The lowest BCUT2D eigenvalue weighted by molar-refractivity contribution is -0.124. The molecule has 352 valence electrons. The second kappa shape index (κ2) is 40.0. The predicted octanol–water partition coefficient (Wildman–Crippen LogP) is 3.60. The molecule has 0 aliphatic carbocycles. The lowest BCUT2D eigenvalue weighted by atomic mass is 10.2. The summed E-state index contributed by atoms with van der Waals surface area (Å²) in [6, 6.07) is 7.02. The highest BCUT2D eigenvalue weighted by atomic mass is 32.2. The normalized spacial score (nSPS) is 8.60. The number of hydrogen-bond donors (Lipinski definition) is 10. The summed E-state index contributed by atoms with van der Waals surface area (Å²) in [7, 11) is 2.91. The van der Waals surface area contributed by atoms with Crippen molar-refractivity contribution in [1.82, 2.24) is 39.9 Å². The molecule has 0 fully saturated rings. The van der Waals surface area contributed by atoms with Crippen LogP contribution in [0.2, 0.25) is 0 Å². The van der Waals surface area contributed by atoms with Crippen molar-refractivity contribution < 1.29 is 23.9 Å². The van der Waals surface area contributed by atoms with E-state index in [1.54, 1.807) is 32.1 Å². The molecule has 22 nitrogen and oxygen atoms in total. The monoisotopic (exact) mass is 956 g/mol. The third-order valence-electron chi connectivity index (χ3n) is 5.24. The van der Waals surface area contributed by atoms with Crippen LogP contribution in [0.1, 0.15) is 65.8 Å². The Morgan fingerprint density at radius 3 is 1.21 bits per heavy atom. The molecule has 4 aromatic heterocycles. The number of thioether (sulfide) groups is 2. The summed E-state index contributed by atoms with van der Waals surface area (Å²) in [6.07, 6.45) is 3.83. The second-order valence-corrected chi connectivity index (χ2v) is 14.3. The Morgan fingerprint density at radius 2 is 0.984 bits per heavy atom. The fourth-order valence-corrected chi connectivity index (χ4v) is 4.17. The second-order valence-electron chi connectivity index (χ2n) is 11.8. The summed E-state index contributed by atoms with van der Waals surface area (Å²) >= 11 is 11.7. The molecule has 0 unspecified atom stereocenters. The van der Waals surface area contributed by atoms with Gasteiger partial charge in [0.05, 0.1) is 20.6 Å². The first kappa shape index (κ1) is 66.0. The summed E-state index contributed by atoms with van der Waals surface area (Å²) in [5, 5.41) is 13.8. The number of H-pyrrole nitrogens is 2. The number of nitrogens with two attached hydrogens (primary N) is 6. The van der Waals surface area contributed by atoms with Gasteiger partial charge in [0.15, 0.2) is 20.2 Å². The molecule has 0 aliphatic heterocycles. The maximum absolute atomic E-state index is 10.5. The van der Waals surface area contributed by atoms with E-state index in [2.05, 4.69) is 85.5 Å². The minimum Gasteiger partial charge on any atom is -0.469 e. The zero-order valence-electron chi connectivity index (χ0n) is 38.2. The van der Waals surface area contributed by atoms with Crippen LogP contribution < -0.4 is 44.8 Å². The van der Waals surface area contributed by atoms with Crippen LogP contribution >= 0.6 is 48.0 Å². The quantitative estimate of drug-likeness (QED) is 0.0349. The Labute approximate surface area is 387 Å². The van der Waals surface area contributed by atoms with Gasteiger partial charge >= 0.3 is 17.7 Å². The van der Waals surface area contributed by atoms with Gasteiger partial charge in [-0.1, -0.05) is 23.5 Å². The number of aryl methyl sites for hydroxylation is 8. The number of methoxy groups -OCH3 is 2. The number of urea groups is 1. The van der Waals surface area contributed by atoms with Crippen molar-refractivity contribution in [3.8, 4) is 6.01 Å². The number of amidine groups is 2. The molecule has 4 aromatic rings. The number of rotatable bonds is 4. The molecule has 0 bridgehead atoms. The molecule has 63 heavy (non-hydrogen) atoms. The molecule has 4 rings (SSSR count). The van der Waals surface area contributed by atoms with Crippen LogP contribution in [0, 0.1) is 71.0 Å². The van der Waals surface area contributed by atoms with Gasteiger partial charge < -0.3 is 53.8 Å². The minimum atomic E-state index is -0.833. The highest BCUT2D eigenvalue weighted by Crippen LogP contribution is 2.09. The molecule has 0 atom stereocenters. The van der Waals surface area contributed by atoms with E-state index in [1.165, 1.54) is 32.7 Å². The van der Waals surface area contributed by atoms with Crippen LogP contribution in [0.4, 0.5) is 4.79 Å². The smallest absolute Gasteiger partial charge is 0.345 e. The molecule has 26 heteroatoms. The van der Waals surface area contributed by atoms with Crippen molar-refractivity contribution in [2.45, 2.75) is 80.8 Å². The largest absolute Gasteiger partial charge is 0.469 e. The molecular formula is C37H64N16O6S4. The number of aromatic nitrogens is 8. The number of aromatic amines is 2. The molecule has 4 heterocycles. The number of ketones is 2. The summed E-state index contributed by atoms with van der Waals surface area (Å²) in [5.41, 5.74) is 34.6. The average Bonchev–Trinajstić information content (AvgIpc) is 3.10. The maximum Gasteiger partial charge on any atom is 0.345 e. The molecule has 0 aliphatic rings. The molecule has 2 amide bonds. The number of hydrogen-bond acceptors (Lipinski definition) is 18. The summed E-state index contributed by atoms with van der Waals surface area (Å²) in [6.45, 7) is 18.1. The van der Waals surface area contributed by atoms with Crippen molar-refractivity contribution in [2.75, 3.05) is 26.7 Å². The number of carbonyl (C=O) groups excluding carboxylic acids is 3. The number of nitrogens with one attached hydrogen (secondary N) is 4. The Bertz CT molecular complexity index is 1880. The van der Waals surface area contributed by atoms with Gasteiger partial charge in [-0.2, -0.15) is 4.98 Å². The Balaban J connectivity index is -0.000000204. The van der Waals surface area contributed by atoms with E-state index < -0.39 is 6.03 Å². The van der Waals surface area contributed by atoms with Gasteiger partial charge in [-0.15, -0.1) is 0 Å². The number of Topliss-reactive ketones (excluding diaryl/α,β-unsaturated/α-hetero) is 2. The Hall–Kier alpha value is -6.12. The van der Waals surface area contributed by atoms with Crippen LogP contribution in [-0.4, -0.2) is 101 Å². The molecular weight excluding hydrogens is 893 g/mol.